The third kappa shape index (κ3) is 5.34. The zero-order chi connectivity index (χ0) is 24.2. The van der Waals surface area contributed by atoms with Gasteiger partial charge in [0.2, 0.25) is 5.91 Å². The van der Waals surface area contributed by atoms with E-state index in [0.717, 1.165) is 33.6 Å². The zero-order valence-electron chi connectivity index (χ0n) is 19.7. The molecular weight excluding hydrogens is 464 g/mol. The van der Waals surface area contributed by atoms with E-state index in [2.05, 4.69) is 35.4 Å². The molecule has 4 rings (SSSR count). The predicted octanol–water partition coefficient (Wildman–Crippen LogP) is 7.06. The maximum Gasteiger partial charge on any atom is 0.234 e. The normalized spacial score (nSPS) is 11.1. The van der Waals surface area contributed by atoms with E-state index in [1.807, 2.05) is 79.1 Å². The minimum absolute atomic E-state index is 0.0762. The number of hydrogen-bond donors (Lipinski definition) is 1. The number of nitrogens with zero attached hydrogens (tertiary/aromatic N) is 3. The molecule has 5 nitrogen and oxygen atoms in total. The third-order valence-corrected chi connectivity index (χ3v) is 6.73. The van der Waals surface area contributed by atoms with Gasteiger partial charge in [0.05, 0.1) is 5.75 Å². The fraction of sp³-hybridized carbons (Fsp3) is 0.222. The summed E-state index contributed by atoms with van der Waals surface area (Å²) in [6, 6.07) is 21.8. The van der Waals surface area contributed by atoms with Gasteiger partial charge in [0, 0.05) is 22.0 Å². The summed E-state index contributed by atoms with van der Waals surface area (Å²) in [5.74, 6) is 1.16. The van der Waals surface area contributed by atoms with Crippen molar-refractivity contribution in [2.24, 2.45) is 0 Å². The molecule has 0 bridgehead atoms. The molecule has 4 aromatic rings. The van der Waals surface area contributed by atoms with Gasteiger partial charge in [0.25, 0.3) is 0 Å². The van der Waals surface area contributed by atoms with Crippen molar-refractivity contribution in [2.45, 2.75) is 38.8 Å². The summed E-state index contributed by atoms with van der Waals surface area (Å²) >= 11 is 7.44. The lowest BCUT2D eigenvalue weighted by Crippen LogP contribution is -2.17. The van der Waals surface area contributed by atoms with Gasteiger partial charge in [-0.3, -0.25) is 9.36 Å². The number of amides is 1. The van der Waals surface area contributed by atoms with Crippen molar-refractivity contribution >= 4 is 35.0 Å². The molecule has 0 saturated heterocycles. The second-order valence-corrected chi connectivity index (χ2v) is 9.89. The highest BCUT2D eigenvalue weighted by Gasteiger charge is 2.18. The number of para-hydroxylation sites is 1. The highest BCUT2D eigenvalue weighted by atomic mass is 35.5. The minimum Gasteiger partial charge on any atom is -0.325 e. The Hall–Kier alpha value is -3.09. The van der Waals surface area contributed by atoms with E-state index in [0.29, 0.717) is 21.9 Å². The van der Waals surface area contributed by atoms with Crippen LogP contribution in [-0.2, 0) is 4.79 Å². The number of thioether (sulfide) groups is 1. The molecule has 0 fully saturated rings. The SMILES string of the molecule is Cc1ccc(-n2c(SCC(=O)Nc3c(C)cccc3C(C)C)nnc2-c2ccc(Cl)cc2)cc1. The summed E-state index contributed by atoms with van der Waals surface area (Å²) < 4.78 is 1.98. The topological polar surface area (TPSA) is 59.8 Å². The maximum absolute atomic E-state index is 12.9. The number of aryl methyl sites for hydroxylation is 2. The zero-order valence-corrected chi connectivity index (χ0v) is 21.2. The molecule has 0 aliphatic carbocycles. The lowest BCUT2D eigenvalue weighted by atomic mass is 9.98. The predicted molar refractivity (Wildman–Crippen MR) is 141 cm³/mol. The van der Waals surface area contributed by atoms with Crippen molar-refractivity contribution in [2.75, 3.05) is 11.1 Å². The first-order valence-corrected chi connectivity index (χ1v) is 12.5. The van der Waals surface area contributed by atoms with E-state index in [4.69, 9.17) is 11.6 Å². The van der Waals surface area contributed by atoms with Crippen molar-refractivity contribution in [3.05, 3.63) is 88.4 Å². The van der Waals surface area contributed by atoms with Crippen molar-refractivity contribution < 1.29 is 4.79 Å². The van der Waals surface area contributed by atoms with E-state index < -0.39 is 0 Å². The molecule has 174 valence electrons. The summed E-state index contributed by atoms with van der Waals surface area (Å²) in [5, 5.41) is 13.3. The number of anilines is 1. The first-order valence-electron chi connectivity index (χ1n) is 11.1. The summed E-state index contributed by atoms with van der Waals surface area (Å²) in [6.45, 7) is 8.32. The molecule has 1 aromatic heterocycles. The van der Waals surface area contributed by atoms with Crippen LogP contribution in [0, 0.1) is 13.8 Å². The molecule has 0 saturated carbocycles. The Morgan fingerprint density at radius 2 is 1.71 bits per heavy atom. The molecule has 1 heterocycles. The van der Waals surface area contributed by atoms with Gasteiger partial charge in [0.15, 0.2) is 11.0 Å². The van der Waals surface area contributed by atoms with Crippen molar-refractivity contribution in [1.82, 2.24) is 14.8 Å². The van der Waals surface area contributed by atoms with Crippen LogP contribution in [0.1, 0.15) is 36.5 Å². The van der Waals surface area contributed by atoms with E-state index in [-0.39, 0.29) is 11.7 Å². The standard InChI is InChI=1S/C27H27ClN4OS/c1-17(2)23-7-5-6-19(4)25(23)29-24(33)16-34-27-31-30-26(20-10-12-21(28)13-11-20)32(27)22-14-8-18(3)9-15-22/h5-15,17H,16H2,1-4H3,(H,29,33). The molecule has 3 aromatic carbocycles. The smallest absolute Gasteiger partial charge is 0.234 e. The molecule has 0 aliphatic heterocycles. The molecule has 0 radical (unpaired) electrons. The average molecular weight is 491 g/mol. The van der Waals surface area contributed by atoms with E-state index >= 15 is 0 Å². The molecule has 1 amide bonds. The lowest BCUT2D eigenvalue weighted by molar-refractivity contribution is -0.113. The number of carbonyl (C=O) groups excluding carboxylic acids is 1. The van der Waals surface area contributed by atoms with Gasteiger partial charge in [-0.25, -0.2) is 0 Å². The van der Waals surface area contributed by atoms with E-state index in [1.54, 1.807) is 0 Å². The van der Waals surface area contributed by atoms with Crippen LogP contribution in [0.25, 0.3) is 17.1 Å². The van der Waals surface area contributed by atoms with Gasteiger partial charge in [-0.1, -0.05) is 73.1 Å². The number of halogens is 1. The van der Waals surface area contributed by atoms with Gasteiger partial charge >= 0.3 is 0 Å². The largest absolute Gasteiger partial charge is 0.325 e. The van der Waals surface area contributed by atoms with E-state index in [1.165, 1.54) is 11.8 Å². The van der Waals surface area contributed by atoms with Crippen LogP contribution < -0.4 is 5.32 Å². The van der Waals surface area contributed by atoms with Crippen LogP contribution in [0.3, 0.4) is 0 Å². The number of nitrogens with one attached hydrogen (secondary N) is 1. The van der Waals surface area contributed by atoms with Gasteiger partial charge in [-0.05, 0) is 67.3 Å². The molecule has 0 aliphatic rings. The van der Waals surface area contributed by atoms with Crippen molar-refractivity contribution in [3.8, 4) is 17.1 Å². The highest BCUT2D eigenvalue weighted by Crippen LogP contribution is 2.30. The van der Waals surface area contributed by atoms with Crippen LogP contribution in [-0.4, -0.2) is 26.4 Å². The monoisotopic (exact) mass is 490 g/mol. The fourth-order valence-electron chi connectivity index (χ4n) is 3.72. The van der Waals surface area contributed by atoms with Gasteiger partial charge in [0.1, 0.15) is 0 Å². The molecule has 7 heteroatoms. The highest BCUT2D eigenvalue weighted by molar-refractivity contribution is 7.99. The Kier molecular flexibility index (Phi) is 7.39. The lowest BCUT2D eigenvalue weighted by Gasteiger charge is -2.16. The van der Waals surface area contributed by atoms with Crippen LogP contribution in [0.15, 0.2) is 71.9 Å². The summed E-state index contributed by atoms with van der Waals surface area (Å²) in [4.78, 5) is 12.9. The first kappa shape index (κ1) is 24.0. The summed E-state index contributed by atoms with van der Waals surface area (Å²) in [5.41, 5.74) is 6.07. The number of benzene rings is 3. The Labute approximate surface area is 209 Å². The Balaban J connectivity index is 1.61. The van der Waals surface area contributed by atoms with Crippen LogP contribution in [0.2, 0.25) is 5.02 Å². The quantitative estimate of drug-likeness (QED) is 0.282. The number of hydrogen-bond acceptors (Lipinski definition) is 4. The molecular formula is C27H27ClN4OS. The second-order valence-electron chi connectivity index (χ2n) is 8.51. The minimum atomic E-state index is -0.0762. The van der Waals surface area contributed by atoms with Gasteiger partial charge < -0.3 is 5.32 Å². The summed E-state index contributed by atoms with van der Waals surface area (Å²) in [6.07, 6.45) is 0. The van der Waals surface area contributed by atoms with Crippen LogP contribution >= 0.6 is 23.4 Å². The second kappa shape index (κ2) is 10.5. The first-order chi connectivity index (χ1) is 16.3. The number of carbonyl (C=O) groups is 1. The number of aromatic nitrogens is 3. The van der Waals surface area contributed by atoms with Gasteiger partial charge in [-0.15, -0.1) is 10.2 Å². The van der Waals surface area contributed by atoms with Crippen LogP contribution in [0.5, 0.6) is 0 Å². The average Bonchev–Trinajstić information content (AvgIpc) is 3.24. The fourth-order valence-corrected chi connectivity index (χ4v) is 4.60. The Bertz CT molecular complexity index is 1300. The molecule has 0 unspecified atom stereocenters. The Morgan fingerprint density at radius 1 is 1.00 bits per heavy atom. The van der Waals surface area contributed by atoms with Crippen molar-refractivity contribution in [1.29, 1.82) is 0 Å². The van der Waals surface area contributed by atoms with E-state index in [9.17, 15) is 4.79 Å². The molecule has 1 N–H and O–H groups in total. The maximum atomic E-state index is 12.9. The third-order valence-electron chi connectivity index (χ3n) is 5.55. The number of rotatable bonds is 7. The van der Waals surface area contributed by atoms with Crippen LogP contribution in [0.4, 0.5) is 5.69 Å². The molecule has 0 spiro atoms. The molecule has 34 heavy (non-hydrogen) atoms. The molecule has 0 atom stereocenters. The van der Waals surface area contributed by atoms with Crippen molar-refractivity contribution in [3.63, 3.8) is 0 Å². The van der Waals surface area contributed by atoms with Gasteiger partial charge in [-0.2, -0.15) is 0 Å². The Morgan fingerprint density at radius 3 is 2.38 bits per heavy atom. The summed E-state index contributed by atoms with van der Waals surface area (Å²) in [7, 11) is 0.